The summed E-state index contributed by atoms with van der Waals surface area (Å²) in [6.07, 6.45) is 2.57. The van der Waals surface area contributed by atoms with Crippen LogP contribution in [0, 0.1) is 0 Å². The molecular weight excluding hydrogens is 233 g/mol. The van der Waals surface area contributed by atoms with Crippen LogP contribution in [0.15, 0.2) is 36.5 Å². The highest BCUT2D eigenvalue weighted by molar-refractivity contribution is 6.34. The van der Waals surface area contributed by atoms with Crippen LogP contribution in [0.25, 0.3) is 5.69 Å². The van der Waals surface area contributed by atoms with E-state index in [1.807, 2.05) is 0 Å². The van der Waals surface area contributed by atoms with Crippen molar-refractivity contribution in [2.45, 2.75) is 0 Å². The second-order valence-corrected chi connectivity index (χ2v) is 3.92. The van der Waals surface area contributed by atoms with E-state index >= 15 is 0 Å². The highest BCUT2D eigenvalue weighted by Gasteiger charge is 2.04. The van der Waals surface area contributed by atoms with Crippen molar-refractivity contribution in [3.05, 3.63) is 52.3 Å². The fourth-order valence-electron chi connectivity index (χ4n) is 1.40. The molecule has 0 saturated heterocycles. The maximum Gasteiger partial charge on any atom is 0.166 e. The van der Waals surface area contributed by atoms with Crippen LogP contribution < -0.4 is 0 Å². The van der Waals surface area contributed by atoms with Crippen LogP contribution in [0.2, 0.25) is 10.0 Å². The Kier molecular flexibility index (Phi) is 2.80. The van der Waals surface area contributed by atoms with Gasteiger partial charge in [0.15, 0.2) is 6.29 Å². The number of hydrogen-bond donors (Lipinski definition) is 0. The minimum Gasteiger partial charge on any atom is -0.314 e. The van der Waals surface area contributed by atoms with E-state index in [1.54, 1.807) is 41.1 Å². The predicted molar refractivity (Wildman–Crippen MR) is 61.2 cm³/mol. The molecule has 2 rings (SSSR count). The third-order valence-corrected chi connectivity index (χ3v) is 2.46. The molecule has 1 heterocycles. The highest BCUT2D eigenvalue weighted by atomic mass is 35.5. The summed E-state index contributed by atoms with van der Waals surface area (Å²) in [4.78, 5) is 10.7. The average Bonchev–Trinajstić information content (AvgIpc) is 2.63. The molecule has 4 heteroatoms. The topological polar surface area (TPSA) is 22.0 Å². The van der Waals surface area contributed by atoms with Gasteiger partial charge < -0.3 is 4.57 Å². The number of hydrogen-bond acceptors (Lipinski definition) is 1. The molecule has 0 aliphatic heterocycles. The molecule has 0 radical (unpaired) electrons. The van der Waals surface area contributed by atoms with Crippen molar-refractivity contribution < 1.29 is 4.79 Å². The average molecular weight is 240 g/mol. The van der Waals surface area contributed by atoms with Gasteiger partial charge in [-0.05, 0) is 30.3 Å². The molecule has 0 atom stereocenters. The molecule has 0 spiro atoms. The number of carbonyl (C=O) groups is 1. The summed E-state index contributed by atoms with van der Waals surface area (Å²) >= 11 is 11.8. The third-order valence-electron chi connectivity index (χ3n) is 2.03. The van der Waals surface area contributed by atoms with Crippen LogP contribution in [-0.4, -0.2) is 10.9 Å². The number of halogens is 2. The zero-order chi connectivity index (χ0) is 10.8. The van der Waals surface area contributed by atoms with Crippen molar-refractivity contribution in [2.75, 3.05) is 0 Å². The molecule has 0 aliphatic carbocycles. The van der Waals surface area contributed by atoms with Gasteiger partial charge in [0.2, 0.25) is 0 Å². The lowest BCUT2D eigenvalue weighted by Gasteiger charge is -2.06. The number of rotatable bonds is 2. The zero-order valence-corrected chi connectivity index (χ0v) is 9.16. The number of nitrogens with zero attached hydrogens (tertiary/aromatic N) is 1. The van der Waals surface area contributed by atoms with Gasteiger partial charge >= 0.3 is 0 Å². The van der Waals surface area contributed by atoms with E-state index in [9.17, 15) is 4.79 Å². The molecule has 0 amide bonds. The van der Waals surface area contributed by atoms with Gasteiger partial charge in [-0.1, -0.05) is 23.2 Å². The lowest BCUT2D eigenvalue weighted by Crippen LogP contribution is -1.97. The fraction of sp³-hybridized carbons (Fsp3) is 0. The van der Waals surface area contributed by atoms with Gasteiger partial charge in [0, 0.05) is 21.9 Å². The second-order valence-electron chi connectivity index (χ2n) is 3.05. The van der Waals surface area contributed by atoms with Gasteiger partial charge in [0.1, 0.15) is 0 Å². The van der Waals surface area contributed by atoms with E-state index in [-0.39, 0.29) is 0 Å². The van der Waals surface area contributed by atoms with Crippen LogP contribution in [0.5, 0.6) is 0 Å². The zero-order valence-electron chi connectivity index (χ0n) is 7.65. The van der Waals surface area contributed by atoms with Gasteiger partial charge in [-0.3, -0.25) is 4.79 Å². The van der Waals surface area contributed by atoms with Crippen molar-refractivity contribution >= 4 is 29.5 Å². The third kappa shape index (κ3) is 2.06. The molecule has 0 fully saturated rings. The van der Waals surface area contributed by atoms with Crippen LogP contribution in [0.4, 0.5) is 0 Å². The van der Waals surface area contributed by atoms with Gasteiger partial charge in [0.25, 0.3) is 0 Å². The Bertz CT molecular complexity index is 485. The second kappa shape index (κ2) is 4.09. The molecule has 1 aromatic carbocycles. The summed E-state index contributed by atoms with van der Waals surface area (Å²) < 4.78 is 1.73. The summed E-state index contributed by atoms with van der Waals surface area (Å²) in [5, 5.41) is 1.09. The van der Waals surface area contributed by atoms with Gasteiger partial charge in [-0.2, -0.15) is 0 Å². The van der Waals surface area contributed by atoms with Crippen LogP contribution >= 0.6 is 23.2 Å². The highest BCUT2D eigenvalue weighted by Crippen LogP contribution is 2.22. The predicted octanol–water partition coefficient (Wildman–Crippen LogP) is 3.60. The molecule has 0 unspecified atom stereocenters. The maximum absolute atomic E-state index is 10.7. The van der Waals surface area contributed by atoms with E-state index in [0.29, 0.717) is 15.7 Å². The van der Waals surface area contributed by atoms with Crippen molar-refractivity contribution in [3.63, 3.8) is 0 Å². The number of aromatic nitrogens is 1. The smallest absolute Gasteiger partial charge is 0.166 e. The standard InChI is InChI=1S/C11H7Cl2NO/c12-8-4-9(13)6-11(5-8)14-3-1-2-10(14)7-15/h1-7H. The van der Waals surface area contributed by atoms with Crippen molar-refractivity contribution in [1.82, 2.24) is 4.57 Å². The molecule has 0 bridgehead atoms. The lowest BCUT2D eigenvalue weighted by molar-refractivity contribution is 0.111. The van der Waals surface area contributed by atoms with E-state index in [1.165, 1.54) is 0 Å². The van der Waals surface area contributed by atoms with Crippen molar-refractivity contribution in [2.24, 2.45) is 0 Å². The monoisotopic (exact) mass is 239 g/mol. The van der Waals surface area contributed by atoms with Gasteiger partial charge in [-0.15, -0.1) is 0 Å². The molecule has 76 valence electrons. The molecular formula is C11H7Cl2NO. The summed E-state index contributed by atoms with van der Waals surface area (Å²) in [6, 6.07) is 8.66. The van der Waals surface area contributed by atoms with Crippen molar-refractivity contribution in [3.8, 4) is 5.69 Å². The Morgan fingerprint density at radius 3 is 2.40 bits per heavy atom. The summed E-state index contributed by atoms with van der Waals surface area (Å²) in [5.74, 6) is 0. The first-order valence-electron chi connectivity index (χ1n) is 4.30. The minimum absolute atomic E-state index is 0.544. The normalized spacial score (nSPS) is 10.3. The molecule has 15 heavy (non-hydrogen) atoms. The Balaban J connectivity index is 2.58. The molecule has 2 nitrogen and oxygen atoms in total. The van der Waals surface area contributed by atoms with Gasteiger partial charge in [-0.25, -0.2) is 0 Å². The van der Waals surface area contributed by atoms with E-state index in [4.69, 9.17) is 23.2 Å². The fourth-order valence-corrected chi connectivity index (χ4v) is 1.92. The summed E-state index contributed by atoms with van der Waals surface area (Å²) in [7, 11) is 0. The minimum atomic E-state index is 0.544. The summed E-state index contributed by atoms with van der Waals surface area (Å²) in [5.41, 5.74) is 1.34. The molecule has 1 aromatic heterocycles. The van der Waals surface area contributed by atoms with Crippen LogP contribution in [0.1, 0.15) is 10.5 Å². The Morgan fingerprint density at radius 1 is 1.13 bits per heavy atom. The van der Waals surface area contributed by atoms with E-state index in [2.05, 4.69) is 0 Å². The maximum atomic E-state index is 10.7. The molecule has 0 aliphatic rings. The van der Waals surface area contributed by atoms with Crippen LogP contribution in [-0.2, 0) is 0 Å². The van der Waals surface area contributed by atoms with Crippen molar-refractivity contribution in [1.29, 1.82) is 0 Å². The number of benzene rings is 1. The van der Waals surface area contributed by atoms with Crippen LogP contribution in [0.3, 0.4) is 0 Å². The largest absolute Gasteiger partial charge is 0.314 e. The molecule has 0 N–H and O–H groups in total. The van der Waals surface area contributed by atoms with E-state index < -0.39 is 0 Å². The first-order chi connectivity index (χ1) is 7.20. The molecule has 2 aromatic rings. The quantitative estimate of drug-likeness (QED) is 0.735. The number of aldehydes is 1. The Labute approximate surface area is 97.0 Å². The van der Waals surface area contributed by atoms with E-state index in [0.717, 1.165) is 12.0 Å². The first kappa shape index (κ1) is 10.3. The Morgan fingerprint density at radius 2 is 1.80 bits per heavy atom. The summed E-state index contributed by atoms with van der Waals surface area (Å²) in [6.45, 7) is 0. The lowest BCUT2D eigenvalue weighted by atomic mass is 10.3. The first-order valence-corrected chi connectivity index (χ1v) is 5.05. The molecule has 0 saturated carbocycles. The SMILES string of the molecule is O=Cc1cccn1-c1cc(Cl)cc(Cl)c1. The van der Waals surface area contributed by atoms with Gasteiger partial charge in [0.05, 0.1) is 5.69 Å². The number of carbonyl (C=O) groups excluding carboxylic acids is 1. The Hall–Kier alpha value is -1.25.